The molecule has 0 bridgehead atoms. The Hall–Kier alpha value is -3.10. The molecule has 1 fully saturated rings. The maximum atomic E-state index is 5.69. The van der Waals surface area contributed by atoms with E-state index >= 15 is 0 Å². The monoisotopic (exact) mass is 465 g/mol. The van der Waals surface area contributed by atoms with Gasteiger partial charge in [0.25, 0.3) is 0 Å². The van der Waals surface area contributed by atoms with Gasteiger partial charge in [-0.2, -0.15) is 5.10 Å². The van der Waals surface area contributed by atoms with Crippen molar-refractivity contribution in [2.24, 2.45) is 0 Å². The first-order valence-corrected chi connectivity index (χ1v) is 11.5. The topological polar surface area (TPSA) is 54.8 Å². The number of nitrogens with zero attached hydrogens (tertiary/aromatic N) is 4. The molecule has 4 rings (SSSR count). The molecule has 1 aliphatic heterocycles. The number of piperazine rings is 1. The van der Waals surface area contributed by atoms with E-state index in [9.17, 15) is 0 Å². The van der Waals surface area contributed by atoms with E-state index in [2.05, 4.69) is 41.1 Å². The van der Waals surface area contributed by atoms with Gasteiger partial charge in [-0.05, 0) is 50.3 Å². The van der Waals surface area contributed by atoms with Gasteiger partial charge in [0.1, 0.15) is 11.5 Å². The van der Waals surface area contributed by atoms with Crippen LogP contribution in [0.1, 0.15) is 17.0 Å². The van der Waals surface area contributed by atoms with Crippen LogP contribution in [-0.2, 0) is 6.54 Å². The first-order chi connectivity index (χ1) is 16.0. The minimum Gasteiger partial charge on any atom is -0.497 e. The van der Waals surface area contributed by atoms with Gasteiger partial charge in [-0.25, -0.2) is 4.68 Å². The number of nitrogens with one attached hydrogen (secondary N) is 1. The Morgan fingerprint density at radius 1 is 1.00 bits per heavy atom. The molecule has 0 atom stereocenters. The second-order valence-corrected chi connectivity index (χ2v) is 8.54. The molecule has 1 aromatic heterocycles. The van der Waals surface area contributed by atoms with Crippen LogP contribution in [0.4, 0.5) is 5.69 Å². The number of hydrogen-bond acceptors (Lipinski definition) is 5. The molecule has 0 saturated carbocycles. The Balaban J connectivity index is 1.36. The number of benzene rings is 2. The quantitative estimate of drug-likeness (QED) is 0.552. The Morgan fingerprint density at radius 3 is 2.39 bits per heavy atom. The van der Waals surface area contributed by atoms with Crippen molar-refractivity contribution in [3.05, 3.63) is 65.5 Å². The van der Waals surface area contributed by atoms with Gasteiger partial charge in [-0.3, -0.25) is 4.90 Å². The van der Waals surface area contributed by atoms with Crippen molar-refractivity contribution in [2.45, 2.75) is 20.4 Å². The fraction of sp³-hybridized carbons (Fsp3) is 0.360. The molecule has 7 nitrogen and oxygen atoms in total. The van der Waals surface area contributed by atoms with E-state index in [-0.39, 0.29) is 0 Å². The van der Waals surface area contributed by atoms with Gasteiger partial charge in [0.05, 0.1) is 31.3 Å². The summed E-state index contributed by atoms with van der Waals surface area (Å²) in [6.45, 7) is 8.77. The summed E-state index contributed by atoms with van der Waals surface area (Å²) >= 11 is 5.69. The summed E-state index contributed by atoms with van der Waals surface area (Å²) in [5, 5.41) is 8.83. The third kappa shape index (κ3) is 5.12. The first kappa shape index (κ1) is 23.1. The lowest BCUT2D eigenvalue weighted by atomic mass is 10.1. The lowest BCUT2D eigenvalue weighted by Gasteiger charge is -2.36. The normalized spacial score (nSPS) is 14.2. The average Bonchev–Trinajstić information content (AvgIpc) is 3.13. The van der Waals surface area contributed by atoms with Crippen LogP contribution in [0, 0.1) is 13.8 Å². The number of rotatable bonds is 6. The molecule has 0 spiro atoms. The largest absolute Gasteiger partial charge is 0.497 e. The van der Waals surface area contributed by atoms with Crippen molar-refractivity contribution in [2.75, 3.05) is 45.7 Å². The molecule has 0 unspecified atom stereocenters. The van der Waals surface area contributed by atoms with Gasteiger partial charge >= 0.3 is 0 Å². The summed E-state index contributed by atoms with van der Waals surface area (Å²) in [4.78, 5) is 4.68. The zero-order valence-electron chi connectivity index (χ0n) is 19.7. The van der Waals surface area contributed by atoms with Crippen LogP contribution >= 0.6 is 12.2 Å². The third-order valence-corrected chi connectivity index (χ3v) is 6.49. The van der Waals surface area contributed by atoms with Crippen molar-refractivity contribution in [1.29, 1.82) is 0 Å². The zero-order valence-corrected chi connectivity index (χ0v) is 20.5. The molecule has 1 N–H and O–H groups in total. The van der Waals surface area contributed by atoms with E-state index < -0.39 is 0 Å². The summed E-state index contributed by atoms with van der Waals surface area (Å²) in [6.07, 6.45) is 0. The number of methoxy groups -OCH3 is 2. The molecule has 0 aliphatic carbocycles. The second-order valence-electron chi connectivity index (χ2n) is 8.16. The summed E-state index contributed by atoms with van der Waals surface area (Å²) < 4.78 is 12.8. The molecule has 0 radical (unpaired) electrons. The predicted octanol–water partition coefficient (Wildman–Crippen LogP) is 4.02. The van der Waals surface area contributed by atoms with Crippen LogP contribution in [-0.4, -0.2) is 65.1 Å². The van der Waals surface area contributed by atoms with Crippen LogP contribution in [0.3, 0.4) is 0 Å². The van der Waals surface area contributed by atoms with Crippen molar-refractivity contribution in [3.8, 4) is 17.2 Å². The highest BCUT2D eigenvalue weighted by atomic mass is 32.1. The minimum absolute atomic E-state index is 0.705. The molecule has 2 aromatic carbocycles. The number of aromatic nitrogens is 2. The fourth-order valence-electron chi connectivity index (χ4n) is 4.15. The van der Waals surface area contributed by atoms with Crippen molar-refractivity contribution in [1.82, 2.24) is 19.6 Å². The molecular weight excluding hydrogens is 434 g/mol. The summed E-state index contributed by atoms with van der Waals surface area (Å²) in [7, 11) is 3.29. The Kier molecular flexibility index (Phi) is 7.15. The molecule has 33 heavy (non-hydrogen) atoms. The van der Waals surface area contributed by atoms with Crippen LogP contribution in [0.5, 0.6) is 11.5 Å². The summed E-state index contributed by atoms with van der Waals surface area (Å²) in [6, 6.07) is 16.0. The molecule has 2 heterocycles. The van der Waals surface area contributed by atoms with E-state index in [1.807, 2.05) is 41.1 Å². The highest BCUT2D eigenvalue weighted by Crippen LogP contribution is 2.29. The van der Waals surface area contributed by atoms with E-state index in [0.29, 0.717) is 10.9 Å². The van der Waals surface area contributed by atoms with Gasteiger partial charge < -0.3 is 19.7 Å². The predicted molar refractivity (Wildman–Crippen MR) is 136 cm³/mol. The van der Waals surface area contributed by atoms with Gasteiger partial charge in [0.2, 0.25) is 0 Å². The number of aryl methyl sites for hydroxylation is 1. The van der Waals surface area contributed by atoms with E-state index in [4.69, 9.17) is 26.8 Å². The molecule has 3 aromatic rings. The SMILES string of the molecule is COc1ccc(NC(=S)N2CCN(Cc3c(C)nn(-c4ccccc4)c3C)CC2)c(OC)c1. The lowest BCUT2D eigenvalue weighted by Crippen LogP contribution is -2.49. The smallest absolute Gasteiger partial charge is 0.173 e. The highest BCUT2D eigenvalue weighted by Gasteiger charge is 2.22. The van der Waals surface area contributed by atoms with Crippen LogP contribution in [0.15, 0.2) is 48.5 Å². The van der Waals surface area contributed by atoms with Crippen molar-refractivity contribution >= 4 is 23.0 Å². The number of anilines is 1. The third-order valence-electron chi connectivity index (χ3n) is 6.13. The van der Waals surface area contributed by atoms with Crippen LogP contribution in [0.2, 0.25) is 0 Å². The summed E-state index contributed by atoms with van der Waals surface area (Å²) in [5.74, 6) is 1.45. The number of ether oxygens (including phenoxy) is 2. The highest BCUT2D eigenvalue weighted by molar-refractivity contribution is 7.80. The van der Waals surface area contributed by atoms with Gasteiger partial charge in [0.15, 0.2) is 5.11 Å². The Labute approximate surface area is 200 Å². The Bertz CT molecular complexity index is 1110. The van der Waals surface area contributed by atoms with Gasteiger partial charge in [-0.15, -0.1) is 0 Å². The average molecular weight is 466 g/mol. The second kappa shape index (κ2) is 10.2. The number of hydrogen-bond donors (Lipinski definition) is 1. The van der Waals surface area contributed by atoms with E-state index in [1.165, 1.54) is 11.3 Å². The maximum Gasteiger partial charge on any atom is 0.173 e. The molecule has 174 valence electrons. The first-order valence-electron chi connectivity index (χ1n) is 11.1. The van der Waals surface area contributed by atoms with Gasteiger partial charge in [0, 0.05) is 50.0 Å². The molecule has 8 heteroatoms. The molecule has 1 aliphatic rings. The van der Waals surface area contributed by atoms with Crippen molar-refractivity contribution < 1.29 is 9.47 Å². The fourth-order valence-corrected chi connectivity index (χ4v) is 4.45. The standard InChI is InChI=1S/C25H31N5O2S/c1-18-22(19(2)30(27-18)20-8-6-5-7-9-20)17-28-12-14-29(15-13-28)25(33)26-23-11-10-21(31-3)16-24(23)32-4/h5-11,16H,12-15,17H2,1-4H3,(H,26,33). The number of para-hydroxylation sites is 1. The van der Waals surface area contributed by atoms with E-state index in [1.54, 1.807) is 14.2 Å². The molecule has 1 saturated heterocycles. The molecular formula is C25H31N5O2S. The van der Waals surface area contributed by atoms with Crippen LogP contribution in [0.25, 0.3) is 5.69 Å². The minimum atomic E-state index is 0.705. The van der Waals surface area contributed by atoms with Gasteiger partial charge in [-0.1, -0.05) is 18.2 Å². The summed E-state index contributed by atoms with van der Waals surface area (Å²) in [5.41, 5.74) is 5.52. The Morgan fingerprint density at radius 2 is 1.73 bits per heavy atom. The lowest BCUT2D eigenvalue weighted by molar-refractivity contribution is 0.176. The maximum absolute atomic E-state index is 5.69. The number of thiocarbonyl (C=S) groups is 1. The van der Waals surface area contributed by atoms with Crippen LogP contribution < -0.4 is 14.8 Å². The zero-order chi connectivity index (χ0) is 23.4. The molecule has 0 amide bonds. The van der Waals surface area contributed by atoms with E-state index in [0.717, 1.165) is 55.5 Å². The van der Waals surface area contributed by atoms with Crippen molar-refractivity contribution in [3.63, 3.8) is 0 Å².